The molecular weight excluding hydrogens is 162 g/mol. The first kappa shape index (κ1) is 6.71. The van der Waals surface area contributed by atoms with Gasteiger partial charge in [0.15, 0.2) is 0 Å². The highest BCUT2D eigenvalue weighted by Gasteiger charge is 2.18. The van der Waals surface area contributed by atoms with Crippen molar-refractivity contribution in [3.8, 4) is 0 Å². The highest BCUT2D eigenvalue weighted by atomic mass is 14.8. The molecule has 2 heterocycles. The lowest BCUT2D eigenvalue weighted by atomic mass is 9.98. The monoisotopic (exact) mass is 169 g/mol. The van der Waals surface area contributed by atoms with Gasteiger partial charge < -0.3 is 0 Å². The normalized spacial score (nSPS) is 17.5. The lowest BCUT2D eigenvalue weighted by Crippen LogP contribution is -2.11. The molecule has 2 aliphatic rings. The second-order valence-electron chi connectivity index (χ2n) is 3.06. The fourth-order valence-electron chi connectivity index (χ4n) is 1.60. The molecule has 3 nitrogen and oxygen atoms in total. The maximum Gasteiger partial charge on any atom is 0.0855 e. The Morgan fingerprint density at radius 2 is 2.08 bits per heavy atom. The Morgan fingerprint density at radius 1 is 1.15 bits per heavy atom. The van der Waals surface area contributed by atoms with Gasteiger partial charge in [0.1, 0.15) is 0 Å². The first-order chi connectivity index (χ1) is 6.43. The van der Waals surface area contributed by atoms with Crippen molar-refractivity contribution >= 4 is 11.8 Å². The van der Waals surface area contributed by atoms with E-state index in [4.69, 9.17) is 0 Å². The fourth-order valence-corrected chi connectivity index (χ4v) is 1.60. The Balaban J connectivity index is 2.21. The predicted octanol–water partition coefficient (Wildman–Crippen LogP) is 1.38. The molecule has 0 atom stereocenters. The Kier molecular flexibility index (Phi) is 1.22. The molecule has 0 unspecified atom stereocenters. The molecule has 13 heavy (non-hydrogen) atoms. The molecule has 0 spiro atoms. The number of fused-ring (bicyclic) bond motifs is 2. The first-order valence-corrected chi connectivity index (χ1v) is 4.19. The topological polar surface area (TPSA) is 38.1 Å². The number of rotatable bonds is 0. The van der Waals surface area contributed by atoms with Crippen LogP contribution >= 0.6 is 0 Å². The third kappa shape index (κ3) is 0.935. The minimum atomic E-state index is 0.808. The van der Waals surface area contributed by atoms with Crippen LogP contribution in [-0.4, -0.2) is 15.7 Å². The molecule has 0 amide bonds. The zero-order valence-electron chi connectivity index (χ0n) is 6.94. The van der Waals surface area contributed by atoms with Crippen molar-refractivity contribution in [2.75, 3.05) is 0 Å². The number of nitrogens with zero attached hydrogens (tertiary/aromatic N) is 3. The molecule has 0 saturated heterocycles. The smallest absolute Gasteiger partial charge is 0.0855 e. The Hall–Kier alpha value is -1.77. The molecule has 62 valence electrons. The van der Waals surface area contributed by atoms with Gasteiger partial charge in [0.2, 0.25) is 0 Å². The van der Waals surface area contributed by atoms with E-state index >= 15 is 0 Å². The highest BCUT2D eigenvalue weighted by molar-refractivity contribution is 6.10. The maximum atomic E-state index is 4.26. The van der Waals surface area contributed by atoms with E-state index in [0.29, 0.717) is 0 Å². The molecule has 0 aromatic carbocycles. The average Bonchev–Trinajstić information content (AvgIpc) is 2.61. The number of hydrogen-bond acceptors (Lipinski definition) is 3. The van der Waals surface area contributed by atoms with Gasteiger partial charge in [0, 0.05) is 30.6 Å². The van der Waals surface area contributed by atoms with Crippen molar-refractivity contribution in [3.05, 3.63) is 41.6 Å². The molecule has 3 rings (SSSR count). The van der Waals surface area contributed by atoms with Crippen LogP contribution in [0.25, 0.3) is 6.08 Å². The molecule has 0 radical (unpaired) electrons. The minimum Gasteiger partial charge on any atom is -0.260 e. The summed E-state index contributed by atoms with van der Waals surface area (Å²) in [6.45, 7) is 0. The third-order valence-electron chi connectivity index (χ3n) is 2.25. The lowest BCUT2D eigenvalue weighted by molar-refractivity contribution is 1.05. The Bertz CT molecular complexity index is 455. The zero-order chi connectivity index (χ0) is 8.67. The van der Waals surface area contributed by atoms with Crippen molar-refractivity contribution < 1.29 is 0 Å². The summed E-state index contributed by atoms with van der Waals surface area (Å²) in [5.74, 6) is 0. The molecule has 1 aromatic heterocycles. The van der Waals surface area contributed by atoms with Gasteiger partial charge in [-0.2, -0.15) is 0 Å². The SMILES string of the molecule is C1=CC2=Cc3nccnc3CC2=N1. The van der Waals surface area contributed by atoms with Crippen LogP contribution in [0.15, 0.2) is 35.2 Å². The van der Waals surface area contributed by atoms with E-state index < -0.39 is 0 Å². The Labute approximate surface area is 75.6 Å². The van der Waals surface area contributed by atoms with Crippen molar-refractivity contribution in [2.24, 2.45) is 4.99 Å². The van der Waals surface area contributed by atoms with Gasteiger partial charge in [-0.15, -0.1) is 0 Å². The molecule has 3 heteroatoms. The largest absolute Gasteiger partial charge is 0.260 e. The number of aliphatic imine (C=N–C) groups is 1. The summed E-state index contributed by atoms with van der Waals surface area (Å²) in [7, 11) is 0. The number of allylic oxidation sites excluding steroid dienone is 2. The molecule has 1 aliphatic heterocycles. The van der Waals surface area contributed by atoms with Crippen LogP contribution in [0.1, 0.15) is 11.4 Å². The summed E-state index contributed by atoms with van der Waals surface area (Å²) in [6.07, 6.45) is 10.1. The van der Waals surface area contributed by atoms with Gasteiger partial charge in [-0.25, -0.2) is 0 Å². The van der Waals surface area contributed by atoms with E-state index in [9.17, 15) is 0 Å². The third-order valence-corrected chi connectivity index (χ3v) is 2.25. The predicted molar refractivity (Wildman–Crippen MR) is 50.3 cm³/mol. The van der Waals surface area contributed by atoms with E-state index in [-0.39, 0.29) is 0 Å². The minimum absolute atomic E-state index is 0.808. The fraction of sp³-hybridized carbons (Fsp3) is 0.100. The van der Waals surface area contributed by atoms with Crippen molar-refractivity contribution in [1.82, 2.24) is 9.97 Å². The van der Waals surface area contributed by atoms with Gasteiger partial charge >= 0.3 is 0 Å². The molecule has 0 saturated carbocycles. The first-order valence-electron chi connectivity index (χ1n) is 4.19. The van der Waals surface area contributed by atoms with E-state index in [1.807, 2.05) is 18.4 Å². The second-order valence-corrected chi connectivity index (χ2v) is 3.06. The van der Waals surface area contributed by atoms with Crippen LogP contribution in [0.2, 0.25) is 0 Å². The van der Waals surface area contributed by atoms with E-state index in [1.165, 1.54) is 5.57 Å². The molecular formula is C10H7N3. The van der Waals surface area contributed by atoms with Crippen LogP contribution < -0.4 is 0 Å². The van der Waals surface area contributed by atoms with Crippen LogP contribution in [0.4, 0.5) is 0 Å². The molecule has 1 aromatic rings. The summed E-state index contributed by atoms with van der Waals surface area (Å²) in [5, 5.41) is 0. The van der Waals surface area contributed by atoms with Gasteiger partial charge in [-0.05, 0) is 12.2 Å². The van der Waals surface area contributed by atoms with Gasteiger partial charge in [0.05, 0.1) is 17.1 Å². The number of hydrogen-bond donors (Lipinski definition) is 0. The zero-order valence-corrected chi connectivity index (χ0v) is 6.94. The van der Waals surface area contributed by atoms with E-state index in [2.05, 4.69) is 15.0 Å². The van der Waals surface area contributed by atoms with Crippen molar-refractivity contribution in [2.45, 2.75) is 6.42 Å². The lowest BCUT2D eigenvalue weighted by Gasteiger charge is -2.11. The summed E-state index contributed by atoms with van der Waals surface area (Å²) in [5.41, 5.74) is 4.28. The summed E-state index contributed by atoms with van der Waals surface area (Å²) in [6, 6.07) is 0. The van der Waals surface area contributed by atoms with Crippen LogP contribution in [0.5, 0.6) is 0 Å². The molecule has 1 aliphatic carbocycles. The van der Waals surface area contributed by atoms with Crippen LogP contribution in [-0.2, 0) is 6.42 Å². The summed E-state index contributed by atoms with van der Waals surface area (Å²) >= 11 is 0. The summed E-state index contributed by atoms with van der Waals surface area (Å²) < 4.78 is 0. The van der Waals surface area contributed by atoms with E-state index in [1.54, 1.807) is 12.4 Å². The summed E-state index contributed by atoms with van der Waals surface area (Å²) in [4.78, 5) is 12.8. The molecule has 0 bridgehead atoms. The van der Waals surface area contributed by atoms with Gasteiger partial charge in [0.25, 0.3) is 0 Å². The van der Waals surface area contributed by atoms with Gasteiger partial charge in [-0.1, -0.05) is 0 Å². The second kappa shape index (κ2) is 2.36. The molecule has 0 fully saturated rings. The quantitative estimate of drug-likeness (QED) is 0.588. The standard InChI is InChI=1S/C10H7N3/c1-2-11-8-6-10-9(5-7(1)8)12-3-4-13-10/h1-5H,6H2. The maximum absolute atomic E-state index is 4.26. The molecule has 0 N–H and O–H groups in total. The average molecular weight is 169 g/mol. The van der Waals surface area contributed by atoms with E-state index in [0.717, 1.165) is 23.5 Å². The van der Waals surface area contributed by atoms with Crippen molar-refractivity contribution in [1.29, 1.82) is 0 Å². The Morgan fingerprint density at radius 3 is 3.08 bits per heavy atom. The van der Waals surface area contributed by atoms with Crippen LogP contribution in [0.3, 0.4) is 0 Å². The van der Waals surface area contributed by atoms with Crippen molar-refractivity contribution in [3.63, 3.8) is 0 Å². The highest BCUT2D eigenvalue weighted by Crippen LogP contribution is 2.22. The number of aromatic nitrogens is 2. The van der Waals surface area contributed by atoms with Gasteiger partial charge in [-0.3, -0.25) is 15.0 Å². The van der Waals surface area contributed by atoms with Crippen LogP contribution in [0, 0.1) is 0 Å².